The number of carbonyl (C=O) groups is 1. The molecule has 1 atom stereocenters. The van der Waals surface area contributed by atoms with Gasteiger partial charge in [0.15, 0.2) is 0 Å². The third-order valence-corrected chi connectivity index (χ3v) is 2.65. The first kappa shape index (κ1) is 15.4. The van der Waals surface area contributed by atoms with Crippen molar-refractivity contribution in [2.75, 3.05) is 26.8 Å². The minimum Gasteiger partial charge on any atom is -0.383 e. The summed E-state index contributed by atoms with van der Waals surface area (Å²) in [6.45, 7) is 3.58. The highest BCUT2D eigenvalue weighted by molar-refractivity contribution is 5.81. The van der Waals surface area contributed by atoms with E-state index in [1.165, 1.54) is 0 Å². The SMILES string of the molecule is COCCNC(=O)C(C)NC/C=C/c1ccccc1. The van der Waals surface area contributed by atoms with Crippen LogP contribution >= 0.6 is 0 Å². The topological polar surface area (TPSA) is 50.4 Å². The highest BCUT2D eigenvalue weighted by Gasteiger charge is 2.09. The van der Waals surface area contributed by atoms with E-state index >= 15 is 0 Å². The summed E-state index contributed by atoms with van der Waals surface area (Å²) in [5, 5.41) is 5.93. The lowest BCUT2D eigenvalue weighted by atomic mass is 10.2. The molecular formula is C15H22N2O2. The van der Waals surface area contributed by atoms with Crippen molar-refractivity contribution in [3.63, 3.8) is 0 Å². The summed E-state index contributed by atoms with van der Waals surface area (Å²) in [4.78, 5) is 11.6. The van der Waals surface area contributed by atoms with Gasteiger partial charge in [0.25, 0.3) is 0 Å². The van der Waals surface area contributed by atoms with E-state index in [1.54, 1.807) is 7.11 Å². The molecule has 4 nitrogen and oxygen atoms in total. The predicted molar refractivity (Wildman–Crippen MR) is 77.8 cm³/mol. The monoisotopic (exact) mass is 262 g/mol. The second-order valence-electron chi connectivity index (χ2n) is 4.23. The van der Waals surface area contributed by atoms with Crippen LogP contribution in [0.4, 0.5) is 0 Å². The molecule has 0 fully saturated rings. The molecule has 0 saturated carbocycles. The molecule has 1 aromatic carbocycles. The highest BCUT2D eigenvalue weighted by atomic mass is 16.5. The quantitative estimate of drug-likeness (QED) is 0.697. The molecule has 1 amide bonds. The molecule has 0 radical (unpaired) electrons. The molecule has 19 heavy (non-hydrogen) atoms. The van der Waals surface area contributed by atoms with Gasteiger partial charge in [-0.2, -0.15) is 0 Å². The fourth-order valence-electron chi connectivity index (χ4n) is 1.53. The smallest absolute Gasteiger partial charge is 0.236 e. The number of hydrogen-bond acceptors (Lipinski definition) is 3. The number of methoxy groups -OCH3 is 1. The molecule has 1 aromatic rings. The maximum absolute atomic E-state index is 11.6. The Morgan fingerprint density at radius 1 is 1.37 bits per heavy atom. The Morgan fingerprint density at radius 3 is 2.79 bits per heavy atom. The van der Waals surface area contributed by atoms with Crippen LogP contribution in [0.3, 0.4) is 0 Å². The first-order valence-electron chi connectivity index (χ1n) is 6.45. The van der Waals surface area contributed by atoms with Gasteiger partial charge in [-0.1, -0.05) is 42.5 Å². The summed E-state index contributed by atoms with van der Waals surface area (Å²) in [7, 11) is 1.61. The molecule has 0 aliphatic carbocycles. The average molecular weight is 262 g/mol. The van der Waals surface area contributed by atoms with Gasteiger partial charge in [-0.25, -0.2) is 0 Å². The molecule has 0 aromatic heterocycles. The fraction of sp³-hybridized carbons (Fsp3) is 0.400. The van der Waals surface area contributed by atoms with Gasteiger partial charge in [0, 0.05) is 20.2 Å². The Morgan fingerprint density at radius 2 is 2.11 bits per heavy atom. The molecule has 0 heterocycles. The van der Waals surface area contributed by atoms with Crippen molar-refractivity contribution in [3.8, 4) is 0 Å². The number of nitrogens with one attached hydrogen (secondary N) is 2. The lowest BCUT2D eigenvalue weighted by Crippen LogP contribution is -2.43. The van der Waals surface area contributed by atoms with Crippen LogP contribution in [0.2, 0.25) is 0 Å². The zero-order chi connectivity index (χ0) is 13.9. The van der Waals surface area contributed by atoms with Gasteiger partial charge in [-0.05, 0) is 12.5 Å². The van der Waals surface area contributed by atoms with Crippen molar-refractivity contribution >= 4 is 12.0 Å². The Kier molecular flexibility index (Phi) is 7.54. The fourth-order valence-corrected chi connectivity index (χ4v) is 1.53. The molecule has 4 heteroatoms. The zero-order valence-electron chi connectivity index (χ0n) is 11.6. The Labute approximate surface area is 114 Å². The van der Waals surface area contributed by atoms with Crippen molar-refractivity contribution < 1.29 is 9.53 Å². The van der Waals surface area contributed by atoms with E-state index in [0.29, 0.717) is 19.7 Å². The maximum atomic E-state index is 11.6. The minimum absolute atomic E-state index is 0.00911. The number of carbonyl (C=O) groups excluding carboxylic acids is 1. The van der Waals surface area contributed by atoms with Gasteiger partial charge in [0.05, 0.1) is 12.6 Å². The van der Waals surface area contributed by atoms with Crippen LogP contribution in [0, 0.1) is 0 Å². The number of hydrogen-bond donors (Lipinski definition) is 2. The van der Waals surface area contributed by atoms with E-state index in [4.69, 9.17) is 4.74 Å². The van der Waals surface area contributed by atoms with Crippen LogP contribution in [0.15, 0.2) is 36.4 Å². The lowest BCUT2D eigenvalue weighted by molar-refractivity contribution is -0.122. The molecule has 0 aliphatic rings. The molecule has 1 unspecified atom stereocenters. The standard InChI is InChI=1S/C15H22N2O2/c1-13(15(18)17-11-12-19-2)16-10-6-9-14-7-4-3-5-8-14/h3-9,13,16H,10-12H2,1-2H3,(H,17,18)/b9-6+. The number of ether oxygens (including phenoxy) is 1. The molecule has 2 N–H and O–H groups in total. The van der Waals surface area contributed by atoms with E-state index in [1.807, 2.05) is 49.4 Å². The third-order valence-electron chi connectivity index (χ3n) is 2.65. The van der Waals surface area contributed by atoms with Crippen molar-refractivity contribution in [2.45, 2.75) is 13.0 Å². The summed E-state index contributed by atoms with van der Waals surface area (Å²) in [6.07, 6.45) is 4.04. The first-order valence-corrected chi connectivity index (χ1v) is 6.45. The van der Waals surface area contributed by atoms with E-state index in [-0.39, 0.29) is 11.9 Å². The van der Waals surface area contributed by atoms with Gasteiger partial charge < -0.3 is 15.4 Å². The van der Waals surface area contributed by atoms with Crippen LogP contribution in [-0.4, -0.2) is 38.8 Å². The summed E-state index contributed by atoms with van der Waals surface area (Å²) in [5.74, 6) is -0.00911. The van der Waals surface area contributed by atoms with Gasteiger partial charge in [-0.15, -0.1) is 0 Å². The zero-order valence-corrected chi connectivity index (χ0v) is 11.6. The first-order chi connectivity index (χ1) is 9.24. The van der Waals surface area contributed by atoms with Crippen LogP contribution in [-0.2, 0) is 9.53 Å². The van der Waals surface area contributed by atoms with E-state index in [0.717, 1.165) is 5.56 Å². The Hall–Kier alpha value is -1.65. The number of rotatable bonds is 8. The van der Waals surface area contributed by atoms with Gasteiger partial charge in [0.1, 0.15) is 0 Å². The number of amides is 1. The third kappa shape index (κ3) is 6.74. The van der Waals surface area contributed by atoms with Crippen LogP contribution in [0.25, 0.3) is 6.08 Å². The second kappa shape index (κ2) is 9.30. The van der Waals surface area contributed by atoms with E-state index in [9.17, 15) is 4.79 Å². The average Bonchev–Trinajstić information content (AvgIpc) is 2.44. The number of benzene rings is 1. The molecule has 0 aliphatic heterocycles. The van der Waals surface area contributed by atoms with Crippen LogP contribution in [0.1, 0.15) is 12.5 Å². The maximum Gasteiger partial charge on any atom is 0.236 e. The van der Waals surface area contributed by atoms with Crippen molar-refractivity contribution in [1.29, 1.82) is 0 Å². The van der Waals surface area contributed by atoms with Gasteiger partial charge in [0.2, 0.25) is 5.91 Å². The summed E-state index contributed by atoms with van der Waals surface area (Å²) in [5.41, 5.74) is 1.15. The Bertz CT molecular complexity index is 390. The molecular weight excluding hydrogens is 240 g/mol. The van der Waals surface area contributed by atoms with Crippen LogP contribution < -0.4 is 10.6 Å². The second-order valence-corrected chi connectivity index (χ2v) is 4.23. The van der Waals surface area contributed by atoms with Crippen molar-refractivity contribution in [2.24, 2.45) is 0 Å². The summed E-state index contributed by atoms with van der Waals surface area (Å²) >= 11 is 0. The Balaban J connectivity index is 2.21. The van der Waals surface area contributed by atoms with Gasteiger partial charge >= 0.3 is 0 Å². The highest BCUT2D eigenvalue weighted by Crippen LogP contribution is 2.00. The minimum atomic E-state index is -0.211. The van der Waals surface area contributed by atoms with Crippen molar-refractivity contribution in [3.05, 3.63) is 42.0 Å². The molecule has 0 bridgehead atoms. The summed E-state index contributed by atoms with van der Waals surface area (Å²) in [6, 6.07) is 9.85. The van der Waals surface area contributed by atoms with Crippen LogP contribution in [0.5, 0.6) is 0 Å². The lowest BCUT2D eigenvalue weighted by Gasteiger charge is -2.12. The molecule has 0 spiro atoms. The predicted octanol–water partition coefficient (Wildman–Crippen LogP) is 1.44. The largest absolute Gasteiger partial charge is 0.383 e. The van der Waals surface area contributed by atoms with E-state index in [2.05, 4.69) is 10.6 Å². The van der Waals surface area contributed by atoms with Gasteiger partial charge in [-0.3, -0.25) is 4.79 Å². The summed E-state index contributed by atoms with van der Waals surface area (Å²) < 4.78 is 4.87. The molecule has 1 rings (SSSR count). The molecule has 104 valence electrons. The molecule has 0 saturated heterocycles. The normalized spacial score (nSPS) is 12.5. The van der Waals surface area contributed by atoms with E-state index < -0.39 is 0 Å². The van der Waals surface area contributed by atoms with Crippen molar-refractivity contribution in [1.82, 2.24) is 10.6 Å².